The van der Waals surface area contributed by atoms with Crippen molar-refractivity contribution in [2.24, 2.45) is 0 Å². The number of Topliss-reactive ketones (excluding diaryl/α,β-unsaturated/α-hetero) is 1. The van der Waals surface area contributed by atoms with Crippen LogP contribution in [0.3, 0.4) is 0 Å². The lowest BCUT2D eigenvalue weighted by Crippen LogP contribution is -2.54. The number of hydrogen-bond donors (Lipinski definition) is 2. The molecule has 2 atom stereocenters. The Bertz CT molecular complexity index is 2520. The first-order valence-corrected chi connectivity index (χ1v) is 21.1. The summed E-state index contributed by atoms with van der Waals surface area (Å²) in [6.07, 6.45) is 6.88. The second-order valence-electron chi connectivity index (χ2n) is 16.1. The molecule has 5 aromatic rings. The van der Waals surface area contributed by atoms with E-state index in [1.165, 1.54) is 6.07 Å². The van der Waals surface area contributed by atoms with Gasteiger partial charge in [0.2, 0.25) is 11.8 Å². The fourth-order valence-electron chi connectivity index (χ4n) is 8.94. The number of pyridine rings is 1. The highest BCUT2D eigenvalue weighted by atomic mass is 19.1. The molecule has 314 valence electrons. The third-order valence-electron chi connectivity index (χ3n) is 12.1. The van der Waals surface area contributed by atoms with Crippen LogP contribution in [0.25, 0.3) is 17.0 Å². The predicted octanol–water partition coefficient (Wildman–Crippen LogP) is 5.04. The average Bonchev–Trinajstić information content (AvgIpc) is 3.99. The molecule has 4 aliphatic rings. The summed E-state index contributed by atoms with van der Waals surface area (Å²) < 4.78 is 15.9. The van der Waals surface area contributed by atoms with E-state index in [9.17, 15) is 28.4 Å². The van der Waals surface area contributed by atoms with E-state index in [1.807, 2.05) is 40.9 Å². The van der Waals surface area contributed by atoms with Crippen LogP contribution in [0.2, 0.25) is 0 Å². The Morgan fingerprint density at radius 2 is 1.66 bits per heavy atom. The predicted molar refractivity (Wildman–Crippen MR) is 226 cm³/mol. The Hall–Kier alpha value is -6.55. The van der Waals surface area contributed by atoms with Crippen molar-refractivity contribution in [3.8, 4) is 11.4 Å². The number of anilines is 3. The molecule has 4 aliphatic heterocycles. The van der Waals surface area contributed by atoms with Gasteiger partial charge in [-0.2, -0.15) is 0 Å². The number of imidazole rings is 1. The maximum Gasteiger partial charge on any atom is 0.262 e. The lowest BCUT2D eigenvalue weighted by Gasteiger charge is -2.35. The molecule has 3 fully saturated rings. The molecule has 7 heterocycles. The van der Waals surface area contributed by atoms with E-state index >= 15 is 0 Å². The van der Waals surface area contributed by atoms with Gasteiger partial charge in [-0.25, -0.2) is 18.9 Å². The molecular weight excluding hydrogens is 780 g/mol. The normalized spacial score (nSPS) is 19.5. The largest absolute Gasteiger partial charge is 0.385 e. The first-order chi connectivity index (χ1) is 29.7. The monoisotopic (exact) mass is 826 g/mol. The summed E-state index contributed by atoms with van der Waals surface area (Å²) in [7, 11) is 0. The molecule has 2 aromatic carbocycles. The van der Waals surface area contributed by atoms with Crippen molar-refractivity contribution in [3.05, 3.63) is 102 Å². The van der Waals surface area contributed by atoms with E-state index in [2.05, 4.69) is 30.3 Å². The first kappa shape index (κ1) is 39.9. The minimum absolute atomic E-state index is 0.0517. The first-order valence-electron chi connectivity index (χ1n) is 21.1. The van der Waals surface area contributed by atoms with Crippen LogP contribution in [-0.2, 0) is 14.4 Å². The molecule has 0 aliphatic carbocycles. The van der Waals surface area contributed by atoms with Gasteiger partial charge in [-0.1, -0.05) is 24.6 Å². The maximum absolute atomic E-state index is 14.1. The molecule has 3 saturated heterocycles. The lowest BCUT2D eigenvalue weighted by atomic mass is 10.0. The highest BCUT2D eigenvalue weighted by Crippen LogP contribution is 2.36. The molecule has 0 spiro atoms. The Kier molecular flexibility index (Phi) is 11.2. The van der Waals surface area contributed by atoms with Gasteiger partial charge in [-0.15, -0.1) is 5.10 Å². The molecule has 0 bridgehead atoms. The van der Waals surface area contributed by atoms with Crippen LogP contribution in [0.1, 0.15) is 83.7 Å². The van der Waals surface area contributed by atoms with Crippen LogP contribution >= 0.6 is 0 Å². The standard InChI is InChI=1S/C45H47FN10O5/c46-30-8-4-7-29(25-30)36-11-6-20-54(36)41-17-16-39-48-27-38(56(39)51-41)35-10-5-12-40(49-35)53-23-21-52(22-24-53)28-32(57)9-2-1-3-19-47-31-13-14-33-34(26-31)45(61)55(44(33)60)37-15-18-42(58)50-43(37)59/h4-5,7-8,10,12-14,16-17,25-27,36-37,47H,1-3,6,9,11,15,18-24,28H2,(H,50,58,59)/t36-,37?/m1/s1. The second-order valence-corrected chi connectivity index (χ2v) is 16.1. The number of carbonyl (C=O) groups is 5. The van der Waals surface area contributed by atoms with Crippen LogP contribution < -0.4 is 20.4 Å². The van der Waals surface area contributed by atoms with Crippen molar-refractivity contribution in [2.75, 3.05) is 60.9 Å². The van der Waals surface area contributed by atoms with Gasteiger partial charge in [0.25, 0.3) is 11.8 Å². The Balaban J connectivity index is 0.720. The molecule has 0 saturated carbocycles. The summed E-state index contributed by atoms with van der Waals surface area (Å²) >= 11 is 0. The minimum atomic E-state index is -0.996. The number of amides is 4. The number of imide groups is 2. The number of rotatable bonds is 14. The number of piperidine rings is 1. The van der Waals surface area contributed by atoms with Crippen molar-refractivity contribution < 1.29 is 28.4 Å². The number of halogens is 1. The Labute approximate surface area is 351 Å². The number of fused-ring (bicyclic) bond motifs is 2. The molecule has 3 aromatic heterocycles. The van der Waals surface area contributed by atoms with Crippen LogP contribution in [0.5, 0.6) is 0 Å². The molecule has 2 N–H and O–H groups in total. The maximum atomic E-state index is 14.1. The Morgan fingerprint density at radius 1 is 0.820 bits per heavy atom. The number of benzene rings is 2. The van der Waals surface area contributed by atoms with Crippen LogP contribution in [0, 0.1) is 5.82 Å². The number of unbranched alkanes of at least 4 members (excludes halogenated alkanes) is 2. The fraction of sp³-hybridized carbons (Fsp3) is 0.378. The van der Waals surface area contributed by atoms with Crippen molar-refractivity contribution in [3.63, 3.8) is 0 Å². The van der Waals surface area contributed by atoms with E-state index in [-0.39, 0.29) is 41.6 Å². The number of ketones is 1. The summed E-state index contributed by atoms with van der Waals surface area (Å²) in [6.45, 7) is 4.90. The molecule has 16 heteroatoms. The summed E-state index contributed by atoms with van der Waals surface area (Å²) in [6, 6.07) is 20.8. The van der Waals surface area contributed by atoms with Gasteiger partial charge >= 0.3 is 0 Å². The van der Waals surface area contributed by atoms with Crippen molar-refractivity contribution >= 4 is 52.4 Å². The molecular formula is C45H47FN10O5. The third kappa shape index (κ3) is 8.31. The molecule has 9 rings (SSSR count). The highest BCUT2D eigenvalue weighted by molar-refractivity contribution is 6.23. The zero-order chi connectivity index (χ0) is 42.0. The van der Waals surface area contributed by atoms with Crippen molar-refractivity contribution in [1.82, 2.24) is 34.7 Å². The number of piperazine rings is 1. The highest BCUT2D eigenvalue weighted by Gasteiger charge is 2.44. The molecule has 61 heavy (non-hydrogen) atoms. The van der Waals surface area contributed by atoms with Crippen LogP contribution in [0.4, 0.5) is 21.7 Å². The average molecular weight is 827 g/mol. The van der Waals surface area contributed by atoms with E-state index in [0.29, 0.717) is 25.2 Å². The lowest BCUT2D eigenvalue weighted by molar-refractivity contribution is -0.136. The SMILES string of the molecule is O=C(CCCCCNc1ccc2c(c1)C(=O)N(C1CCC(=O)NC1=O)C2=O)CN1CCN(c2cccc(-c3cnc4ccc(N5CCC[C@@H]5c5cccc(F)c5)nn34)n2)CC1. The van der Waals surface area contributed by atoms with Gasteiger partial charge in [-0.3, -0.25) is 39.1 Å². The van der Waals surface area contributed by atoms with Gasteiger partial charge in [0, 0.05) is 57.8 Å². The number of aromatic nitrogens is 4. The van der Waals surface area contributed by atoms with E-state index < -0.39 is 29.7 Å². The van der Waals surface area contributed by atoms with E-state index in [4.69, 9.17) is 10.1 Å². The quantitative estimate of drug-likeness (QED) is 0.113. The summed E-state index contributed by atoms with van der Waals surface area (Å²) in [5, 5.41) is 10.5. The second kappa shape index (κ2) is 17.2. The molecule has 0 radical (unpaired) electrons. The van der Waals surface area contributed by atoms with Gasteiger partial charge < -0.3 is 15.1 Å². The van der Waals surface area contributed by atoms with Gasteiger partial charge in [-0.05, 0) is 92.3 Å². The molecule has 1 unspecified atom stereocenters. The zero-order valence-corrected chi connectivity index (χ0v) is 33.8. The van der Waals surface area contributed by atoms with Crippen LogP contribution in [-0.4, -0.2) is 111 Å². The third-order valence-corrected chi connectivity index (χ3v) is 12.1. The van der Waals surface area contributed by atoms with Gasteiger partial charge in [0.1, 0.15) is 35.0 Å². The zero-order valence-electron chi connectivity index (χ0n) is 33.8. The number of nitrogens with zero attached hydrogens (tertiary/aromatic N) is 8. The number of hydrogen-bond acceptors (Lipinski definition) is 12. The van der Waals surface area contributed by atoms with Crippen molar-refractivity contribution in [1.29, 1.82) is 0 Å². The summed E-state index contributed by atoms with van der Waals surface area (Å²) in [5.41, 5.74) is 4.40. The van der Waals surface area contributed by atoms with Crippen LogP contribution in [0.15, 0.2) is 79.0 Å². The summed E-state index contributed by atoms with van der Waals surface area (Å²) in [4.78, 5) is 80.2. The Morgan fingerprint density at radius 3 is 2.49 bits per heavy atom. The number of carbonyl (C=O) groups excluding carboxylic acids is 5. The minimum Gasteiger partial charge on any atom is -0.385 e. The van der Waals surface area contributed by atoms with E-state index in [0.717, 1.165) is 104 Å². The fourth-order valence-corrected chi connectivity index (χ4v) is 8.94. The van der Waals surface area contributed by atoms with Gasteiger partial charge in [0.15, 0.2) is 5.65 Å². The van der Waals surface area contributed by atoms with E-state index in [1.54, 1.807) is 36.5 Å². The van der Waals surface area contributed by atoms with Gasteiger partial charge in [0.05, 0.1) is 35.6 Å². The molecule has 4 amide bonds. The number of nitrogens with one attached hydrogen (secondary N) is 2. The van der Waals surface area contributed by atoms with Crippen molar-refractivity contribution in [2.45, 2.75) is 63.5 Å². The topological polar surface area (TPSA) is 165 Å². The molecule has 15 nitrogen and oxygen atoms in total. The smallest absolute Gasteiger partial charge is 0.262 e. The summed E-state index contributed by atoms with van der Waals surface area (Å²) in [5.74, 6) is -0.442.